The predicted octanol–water partition coefficient (Wildman–Crippen LogP) is 5.34. The number of ether oxygens (including phenoxy) is 1. The molecule has 1 saturated heterocycles. The number of fused-ring (bicyclic) bond motifs is 1. The van der Waals surface area contributed by atoms with Crippen molar-refractivity contribution >= 4 is 37.2 Å². The molecule has 0 spiro atoms. The number of benzene rings is 1. The minimum absolute atomic E-state index is 0.0376. The number of amides is 3. The van der Waals surface area contributed by atoms with Gasteiger partial charge in [-0.05, 0) is 61.8 Å². The monoisotopic (exact) mass is 796 g/mol. The van der Waals surface area contributed by atoms with Gasteiger partial charge in [-0.15, -0.1) is 26.0 Å². The standard InChI is InChI=1S/C16H25FN4O4.C13H13N3.C4H8.C4H10.C2H4.C2H2.2CH2O/c1-10(25-3)19-9-13(22)21-6-4-5-12(21)14(23)20-16(15(24)18-2)7-11(16)8-17;1-10-6-7-14-13(15-10)16-8-11-4-2-3-5-12(11)9-16;1-4-2-3-4;1-4(2)3;4*1-2/h11-12,19H,1,4-9H2,2-3H3,(H,18,24)(H,20,23);2-7H,8-9H2,1H3;4H,2-3H2,1H3;4H,1-3H3;1-2H2;1-2H;2*1H2/t11?,12-,16?;;;;;;;/m0......./s1. The highest BCUT2D eigenvalue weighted by molar-refractivity contribution is 5.97. The van der Waals surface area contributed by atoms with E-state index in [4.69, 9.17) is 14.3 Å². The van der Waals surface area contributed by atoms with Crippen LogP contribution in [0.5, 0.6) is 0 Å². The molecule has 2 aliphatic heterocycles. The average molecular weight is 796 g/mol. The summed E-state index contributed by atoms with van der Waals surface area (Å²) in [7, 11) is 2.88. The molecule has 13 nitrogen and oxygen atoms in total. The summed E-state index contributed by atoms with van der Waals surface area (Å²) in [6.07, 6.45) is 14.3. The number of carbonyl (C=O) groups is 5. The van der Waals surface area contributed by atoms with Crippen LogP contribution in [0.2, 0.25) is 0 Å². The number of methoxy groups -OCH3 is 1. The SMILES string of the molecule is C#C.C=C.C=C(NCC(=O)N1CCC[C@H]1C(=O)NC1(C(=O)NC)CC1CF)OC.C=O.C=O.CC(C)C.CC1CC1.Cc1ccnc(N2Cc3ccccc3C2)n1. The van der Waals surface area contributed by atoms with Crippen LogP contribution < -0.4 is 20.9 Å². The van der Waals surface area contributed by atoms with Crippen molar-refractivity contribution in [3.05, 3.63) is 79.0 Å². The minimum Gasteiger partial charge on any atom is -0.483 e. The Bertz CT molecular complexity index is 1490. The lowest BCUT2D eigenvalue weighted by molar-refractivity contribution is -0.139. The zero-order valence-corrected chi connectivity index (χ0v) is 35.2. The third-order valence-corrected chi connectivity index (χ3v) is 8.60. The Kier molecular flexibility index (Phi) is 27.9. The molecular weight excluding hydrogens is 730 g/mol. The van der Waals surface area contributed by atoms with Gasteiger partial charge < -0.3 is 40.1 Å². The van der Waals surface area contributed by atoms with Gasteiger partial charge in [-0.2, -0.15) is 0 Å². The normalized spacial score (nSPS) is 18.6. The van der Waals surface area contributed by atoms with E-state index in [2.05, 4.69) is 115 Å². The fourth-order valence-electron chi connectivity index (χ4n) is 5.45. The summed E-state index contributed by atoms with van der Waals surface area (Å²) >= 11 is 0. The van der Waals surface area contributed by atoms with Gasteiger partial charge in [0.1, 0.15) is 25.2 Å². The molecule has 2 aliphatic carbocycles. The van der Waals surface area contributed by atoms with Crippen LogP contribution in [0, 0.1) is 37.5 Å². The average Bonchev–Trinajstić information content (AvgIpc) is 4.04. The molecule has 6 rings (SSSR count). The first-order valence-electron chi connectivity index (χ1n) is 18.7. The number of hydrogen-bond acceptors (Lipinski definition) is 10. The maximum Gasteiger partial charge on any atom is 0.245 e. The van der Waals surface area contributed by atoms with E-state index in [0.29, 0.717) is 19.4 Å². The van der Waals surface area contributed by atoms with Crippen LogP contribution in [-0.4, -0.2) is 91.7 Å². The zero-order valence-electron chi connectivity index (χ0n) is 35.2. The van der Waals surface area contributed by atoms with E-state index in [1.54, 1.807) is 0 Å². The Labute approximate surface area is 340 Å². The summed E-state index contributed by atoms with van der Waals surface area (Å²) in [5.74, 6) is 1.40. The summed E-state index contributed by atoms with van der Waals surface area (Å²) in [5.41, 5.74) is 2.58. The Morgan fingerprint density at radius 3 is 1.96 bits per heavy atom. The van der Waals surface area contributed by atoms with Gasteiger partial charge in [-0.25, -0.2) is 9.97 Å². The molecule has 3 heterocycles. The number of terminal acetylenes is 1. The van der Waals surface area contributed by atoms with Crippen molar-refractivity contribution in [3.8, 4) is 12.8 Å². The first kappa shape index (κ1) is 53.5. The van der Waals surface area contributed by atoms with Gasteiger partial charge in [0.15, 0.2) is 5.88 Å². The molecule has 3 N–H and O–H groups in total. The number of likely N-dealkylation sites (tertiary alicyclic amines) is 1. The van der Waals surface area contributed by atoms with Crippen LogP contribution in [0.25, 0.3) is 0 Å². The van der Waals surface area contributed by atoms with Gasteiger partial charge in [-0.1, -0.05) is 64.8 Å². The van der Waals surface area contributed by atoms with Crippen molar-refractivity contribution in [2.75, 3.05) is 38.8 Å². The summed E-state index contributed by atoms with van der Waals surface area (Å²) in [6, 6.07) is 9.77. The molecule has 2 unspecified atom stereocenters. The van der Waals surface area contributed by atoms with Crippen molar-refractivity contribution in [3.63, 3.8) is 0 Å². The molecule has 14 heteroatoms. The number of alkyl halides is 1. The van der Waals surface area contributed by atoms with Crippen LogP contribution in [0.1, 0.15) is 76.6 Å². The number of rotatable bonds is 9. The number of nitrogens with one attached hydrogen (secondary N) is 3. The summed E-state index contributed by atoms with van der Waals surface area (Å²) in [4.78, 5) is 65.4. The molecule has 0 radical (unpaired) electrons. The first-order chi connectivity index (χ1) is 27.3. The molecule has 2 aromatic rings. The molecule has 2 saturated carbocycles. The fourth-order valence-corrected chi connectivity index (χ4v) is 5.45. The molecule has 3 atom stereocenters. The zero-order chi connectivity index (χ0) is 44.1. The van der Waals surface area contributed by atoms with Crippen molar-refractivity contribution < 1.29 is 33.1 Å². The molecule has 3 amide bonds. The van der Waals surface area contributed by atoms with E-state index in [-0.39, 0.29) is 24.8 Å². The number of aryl methyl sites for hydroxylation is 1. The van der Waals surface area contributed by atoms with Crippen LogP contribution >= 0.6 is 0 Å². The number of halogens is 1. The van der Waals surface area contributed by atoms with Crippen LogP contribution in [0.4, 0.5) is 10.3 Å². The number of carbonyl (C=O) groups excluding carboxylic acids is 5. The van der Waals surface area contributed by atoms with E-state index in [9.17, 15) is 18.8 Å². The third-order valence-electron chi connectivity index (χ3n) is 8.60. The highest BCUT2D eigenvalue weighted by Crippen LogP contribution is 2.44. The first-order valence-corrected chi connectivity index (χ1v) is 18.7. The largest absolute Gasteiger partial charge is 0.483 e. The smallest absolute Gasteiger partial charge is 0.245 e. The molecule has 1 aromatic carbocycles. The molecule has 4 aliphatic rings. The minimum atomic E-state index is -1.19. The fraction of sp³-hybridized carbons (Fsp3) is 0.512. The lowest BCUT2D eigenvalue weighted by Crippen LogP contribution is -2.56. The topological polar surface area (TPSA) is 163 Å². The summed E-state index contributed by atoms with van der Waals surface area (Å²) in [5, 5.41) is 7.86. The lowest BCUT2D eigenvalue weighted by Gasteiger charge is -2.27. The molecule has 316 valence electrons. The molecule has 1 aromatic heterocycles. The summed E-state index contributed by atoms with van der Waals surface area (Å²) < 4.78 is 17.8. The Morgan fingerprint density at radius 2 is 1.54 bits per heavy atom. The van der Waals surface area contributed by atoms with E-state index >= 15 is 0 Å². The number of hydrogen-bond donors (Lipinski definition) is 3. The predicted molar refractivity (Wildman–Crippen MR) is 225 cm³/mol. The number of nitrogens with zero attached hydrogens (tertiary/aromatic N) is 4. The van der Waals surface area contributed by atoms with Gasteiger partial charge in [-0.3, -0.25) is 18.8 Å². The quantitative estimate of drug-likeness (QED) is 0.172. The molecule has 57 heavy (non-hydrogen) atoms. The number of anilines is 1. The summed E-state index contributed by atoms with van der Waals surface area (Å²) in [6.45, 7) is 25.9. The van der Waals surface area contributed by atoms with Gasteiger partial charge in [0.2, 0.25) is 23.7 Å². The van der Waals surface area contributed by atoms with Crippen LogP contribution in [0.15, 0.2) is 62.1 Å². The third kappa shape index (κ3) is 18.7. The Morgan fingerprint density at radius 1 is 1.02 bits per heavy atom. The highest BCUT2D eigenvalue weighted by Gasteiger charge is 2.61. The van der Waals surface area contributed by atoms with Crippen molar-refractivity contribution in [2.24, 2.45) is 17.8 Å². The Balaban J connectivity index is 0. The van der Waals surface area contributed by atoms with Gasteiger partial charge in [0.25, 0.3) is 0 Å². The van der Waals surface area contributed by atoms with E-state index < -0.39 is 36.0 Å². The van der Waals surface area contributed by atoms with Crippen LogP contribution in [0.3, 0.4) is 0 Å². The van der Waals surface area contributed by atoms with Gasteiger partial charge in [0.05, 0.1) is 20.3 Å². The van der Waals surface area contributed by atoms with Gasteiger partial charge >= 0.3 is 0 Å². The van der Waals surface area contributed by atoms with Crippen LogP contribution in [-0.2, 0) is 41.8 Å². The number of likely N-dealkylation sites (N-methyl/N-ethyl adjacent to an activating group) is 1. The van der Waals surface area contributed by atoms with Gasteiger partial charge in [0, 0.05) is 44.5 Å². The second-order valence-corrected chi connectivity index (χ2v) is 13.9. The van der Waals surface area contributed by atoms with Crippen molar-refractivity contribution in [2.45, 2.75) is 91.4 Å². The second kappa shape index (κ2) is 29.7. The molecular formula is C43H66FN7O6. The maximum atomic E-state index is 13.0. The maximum absolute atomic E-state index is 13.0. The Hall–Kier alpha value is -5.58. The number of aromatic nitrogens is 2. The molecule has 3 fully saturated rings. The van der Waals surface area contributed by atoms with Crippen molar-refractivity contribution in [1.82, 2.24) is 30.8 Å². The highest BCUT2D eigenvalue weighted by atomic mass is 19.1. The van der Waals surface area contributed by atoms with Crippen molar-refractivity contribution in [1.29, 1.82) is 0 Å². The molecule has 0 bridgehead atoms. The lowest BCUT2D eigenvalue weighted by atomic mass is 10.1. The second-order valence-electron chi connectivity index (χ2n) is 13.9. The van der Waals surface area contributed by atoms with E-state index in [1.807, 2.05) is 32.8 Å². The van der Waals surface area contributed by atoms with E-state index in [0.717, 1.165) is 36.6 Å². The van der Waals surface area contributed by atoms with E-state index in [1.165, 1.54) is 43.0 Å².